The van der Waals surface area contributed by atoms with Gasteiger partial charge in [0.1, 0.15) is 9.84 Å². The molecule has 0 aromatic rings. The maximum absolute atomic E-state index is 11.6. The van der Waals surface area contributed by atoms with Gasteiger partial charge in [-0.2, -0.15) is 0 Å². The van der Waals surface area contributed by atoms with Crippen LogP contribution in [-0.2, 0) is 19.4 Å². The first kappa shape index (κ1) is 17.4. The van der Waals surface area contributed by atoms with E-state index in [0.717, 1.165) is 19.3 Å². The zero-order chi connectivity index (χ0) is 15.0. The Morgan fingerprint density at radius 1 is 1.30 bits per heavy atom. The van der Waals surface area contributed by atoms with Crippen molar-refractivity contribution in [1.29, 1.82) is 0 Å². The van der Waals surface area contributed by atoms with E-state index < -0.39 is 9.84 Å². The summed E-state index contributed by atoms with van der Waals surface area (Å²) in [5, 5.41) is 5.81. The smallest absolute Gasteiger partial charge is 0.221 e. The molecule has 0 heterocycles. The molecule has 1 aliphatic rings. The number of carbonyl (C=O) groups excluding carboxylic acids is 1. The van der Waals surface area contributed by atoms with Gasteiger partial charge in [-0.15, -0.1) is 0 Å². The highest BCUT2D eigenvalue weighted by Gasteiger charge is 2.28. The molecule has 0 aromatic carbocycles. The molecule has 1 rings (SSSR count). The van der Waals surface area contributed by atoms with E-state index in [2.05, 4.69) is 10.6 Å². The van der Waals surface area contributed by atoms with Crippen molar-refractivity contribution in [3.63, 3.8) is 0 Å². The fraction of sp³-hybridized carbons (Fsp3) is 0.923. The van der Waals surface area contributed by atoms with Gasteiger partial charge in [-0.05, 0) is 19.3 Å². The van der Waals surface area contributed by atoms with Crippen molar-refractivity contribution >= 4 is 15.7 Å². The van der Waals surface area contributed by atoms with Gasteiger partial charge in [-0.25, -0.2) is 8.42 Å². The third-order valence-electron chi connectivity index (χ3n) is 3.65. The number of rotatable bonds is 8. The molecule has 2 atom stereocenters. The average molecular weight is 306 g/mol. The molecule has 1 saturated carbocycles. The number of sulfone groups is 1. The molecule has 118 valence electrons. The second-order valence-electron chi connectivity index (χ2n) is 5.36. The van der Waals surface area contributed by atoms with E-state index in [1.807, 2.05) is 0 Å². The monoisotopic (exact) mass is 306 g/mol. The van der Waals surface area contributed by atoms with E-state index in [1.54, 1.807) is 7.11 Å². The summed E-state index contributed by atoms with van der Waals surface area (Å²) in [5.74, 6) is -0.00924. The second-order valence-corrected chi connectivity index (χ2v) is 7.69. The molecule has 1 aliphatic carbocycles. The van der Waals surface area contributed by atoms with Gasteiger partial charge in [-0.1, -0.05) is 6.42 Å². The minimum atomic E-state index is -2.95. The van der Waals surface area contributed by atoms with Gasteiger partial charge in [-0.3, -0.25) is 4.79 Å². The van der Waals surface area contributed by atoms with Crippen LogP contribution in [0, 0.1) is 0 Å². The van der Waals surface area contributed by atoms with Crippen LogP contribution in [0.5, 0.6) is 0 Å². The summed E-state index contributed by atoms with van der Waals surface area (Å²) in [6.45, 7) is 1.62. The number of hydrogen-bond acceptors (Lipinski definition) is 5. The summed E-state index contributed by atoms with van der Waals surface area (Å²) in [5.41, 5.74) is 0. The quantitative estimate of drug-likeness (QED) is 0.621. The van der Waals surface area contributed by atoms with Gasteiger partial charge >= 0.3 is 0 Å². The fourth-order valence-electron chi connectivity index (χ4n) is 2.49. The van der Waals surface area contributed by atoms with Gasteiger partial charge in [0.15, 0.2) is 0 Å². The van der Waals surface area contributed by atoms with Crippen molar-refractivity contribution in [2.45, 2.75) is 43.4 Å². The van der Waals surface area contributed by atoms with Gasteiger partial charge in [0.2, 0.25) is 5.91 Å². The molecule has 2 N–H and O–H groups in total. The molecule has 0 bridgehead atoms. The van der Waals surface area contributed by atoms with Crippen LogP contribution in [-0.4, -0.2) is 58.7 Å². The second kappa shape index (κ2) is 8.59. The fourth-order valence-corrected chi connectivity index (χ4v) is 3.67. The molecule has 0 aliphatic heterocycles. The lowest BCUT2D eigenvalue weighted by molar-refractivity contribution is -0.121. The zero-order valence-electron chi connectivity index (χ0n) is 12.4. The molecule has 0 spiro atoms. The summed E-state index contributed by atoms with van der Waals surface area (Å²) in [6, 6.07) is 0.204. The molecule has 0 saturated heterocycles. The maximum atomic E-state index is 11.6. The van der Waals surface area contributed by atoms with Crippen LogP contribution >= 0.6 is 0 Å². The Balaban J connectivity index is 2.20. The molecule has 2 unspecified atom stereocenters. The first-order valence-corrected chi connectivity index (χ1v) is 9.07. The lowest BCUT2D eigenvalue weighted by Crippen LogP contribution is -2.40. The molecule has 1 fully saturated rings. The summed E-state index contributed by atoms with van der Waals surface area (Å²) >= 11 is 0. The van der Waals surface area contributed by atoms with E-state index in [0.29, 0.717) is 32.5 Å². The molecular weight excluding hydrogens is 280 g/mol. The highest BCUT2D eigenvalue weighted by Crippen LogP contribution is 2.23. The van der Waals surface area contributed by atoms with Gasteiger partial charge in [0.05, 0.1) is 11.9 Å². The standard InChI is InChI=1S/C13H26N2O4S/c1-19-9-8-15-13(16)6-7-14-11-4-3-5-12(10-11)20(2,17)18/h11-12,14H,3-10H2,1-2H3,(H,15,16). The lowest BCUT2D eigenvalue weighted by atomic mass is 9.95. The molecule has 6 nitrogen and oxygen atoms in total. The van der Waals surface area contributed by atoms with Crippen molar-refractivity contribution in [3.05, 3.63) is 0 Å². The van der Waals surface area contributed by atoms with Crippen LogP contribution in [0.3, 0.4) is 0 Å². The van der Waals surface area contributed by atoms with Crippen molar-refractivity contribution in [1.82, 2.24) is 10.6 Å². The van der Waals surface area contributed by atoms with E-state index >= 15 is 0 Å². The third kappa shape index (κ3) is 6.67. The van der Waals surface area contributed by atoms with E-state index in [1.165, 1.54) is 6.26 Å². The predicted octanol–water partition coefficient (Wildman–Crippen LogP) is 0.0845. The largest absolute Gasteiger partial charge is 0.383 e. The summed E-state index contributed by atoms with van der Waals surface area (Å²) in [6.07, 6.45) is 5.04. The molecule has 0 radical (unpaired) electrons. The molecule has 20 heavy (non-hydrogen) atoms. The number of carbonyl (C=O) groups is 1. The summed E-state index contributed by atoms with van der Waals surface area (Å²) in [4.78, 5) is 11.5. The predicted molar refractivity (Wildman–Crippen MR) is 78.4 cm³/mol. The zero-order valence-corrected chi connectivity index (χ0v) is 13.2. The van der Waals surface area contributed by atoms with E-state index in [9.17, 15) is 13.2 Å². The third-order valence-corrected chi connectivity index (χ3v) is 5.28. The maximum Gasteiger partial charge on any atom is 0.221 e. The van der Waals surface area contributed by atoms with E-state index in [4.69, 9.17) is 4.74 Å². The number of ether oxygens (including phenoxy) is 1. The SMILES string of the molecule is COCCNC(=O)CCNC1CCCC(S(C)(=O)=O)C1. The highest BCUT2D eigenvalue weighted by atomic mass is 32.2. The number of amides is 1. The minimum absolute atomic E-state index is 0.00924. The van der Waals surface area contributed by atoms with Crippen molar-refractivity contribution in [3.8, 4) is 0 Å². The summed E-state index contributed by atoms with van der Waals surface area (Å²) < 4.78 is 28.0. The first-order valence-electron chi connectivity index (χ1n) is 7.11. The molecule has 0 aromatic heterocycles. The molecular formula is C13H26N2O4S. The Kier molecular flexibility index (Phi) is 7.47. The van der Waals surface area contributed by atoms with Crippen LogP contribution in [0.4, 0.5) is 0 Å². The number of methoxy groups -OCH3 is 1. The van der Waals surface area contributed by atoms with Crippen molar-refractivity contribution < 1.29 is 17.9 Å². The normalized spacial score (nSPS) is 23.5. The van der Waals surface area contributed by atoms with Crippen molar-refractivity contribution in [2.75, 3.05) is 33.1 Å². The minimum Gasteiger partial charge on any atom is -0.383 e. The van der Waals surface area contributed by atoms with Crippen LogP contribution in [0.25, 0.3) is 0 Å². The van der Waals surface area contributed by atoms with Crippen LogP contribution < -0.4 is 10.6 Å². The average Bonchev–Trinajstić information content (AvgIpc) is 2.38. The van der Waals surface area contributed by atoms with E-state index in [-0.39, 0.29) is 17.2 Å². The summed E-state index contributed by atoms with van der Waals surface area (Å²) in [7, 11) is -1.36. The Morgan fingerprint density at radius 3 is 2.70 bits per heavy atom. The number of nitrogens with one attached hydrogen (secondary N) is 2. The Hall–Kier alpha value is -0.660. The van der Waals surface area contributed by atoms with Gasteiger partial charge in [0.25, 0.3) is 0 Å². The van der Waals surface area contributed by atoms with Crippen LogP contribution in [0.1, 0.15) is 32.1 Å². The molecule has 1 amide bonds. The Bertz CT molecular complexity index is 397. The first-order chi connectivity index (χ1) is 9.43. The van der Waals surface area contributed by atoms with Crippen LogP contribution in [0.2, 0.25) is 0 Å². The van der Waals surface area contributed by atoms with Gasteiger partial charge in [0, 0.05) is 38.9 Å². The van der Waals surface area contributed by atoms with Gasteiger partial charge < -0.3 is 15.4 Å². The highest BCUT2D eigenvalue weighted by molar-refractivity contribution is 7.91. The lowest BCUT2D eigenvalue weighted by Gasteiger charge is -2.28. The Labute approximate surface area is 121 Å². The topological polar surface area (TPSA) is 84.5 Å². The number of hydrogen-bond donors (Lipinski definition) is 2. The van der Waals surface area contributed by atoms with Crippen molar-refractivity contribution in [2.24, 2.45) is 0 Å². The molecule has 7 heteroatoms. The van der Waals surface area contributed by atoms with Crippen LogP contribution in [0.15, 0.2) is 0 Å². The Morgan fingerprint density at radius 2 is 2.05 bits per heavy atom.